The van der Waals surface area contributed by atoms with Crippen LogP contribution in [-0.2, 0) is 0 Å². The summed E-state index contributed by atoms with van der Waals surface area (Å²) in [5, 5.41) is 9.49. The number of nitrogens with zero attached hydrogens (tertiary/aromatic N) is 1. The number of carbonyl (C=O) groups excluding carboxylic acids is 1. The lowest BCUT2D eigenvalue weighted by molar-refractivity contribution is 0.101. The number of hydrogen-bond acceptors (Lipinski definition) is 3. The number of Topliss-reactive ketones (excluding diaryl/α,β-unsaturated/α-hetero) is 1. The second kappa shape index (κ2) is 6.03. The topological polar surface area (TPSA) is 40.5 Å². The zero-order valence-electron chi connectivity index (χ0n) is 10.4. The lowest BCUT2D eigenvalue weighted by atomic mass is 10.1. The summed E-state index contributed by atoms with van der Waals surface area (Å²) in [6.45, 7) is 6.22. The lowest BCUT2D eigenvalue weighted by Gasteiger charge is -2.28. The Kier molecular flexibility index (Phi) is 4.97. The number of rotatable bonds is 5. The maximum Gasteiger partial charge on any atom is 0.161 e. The van der Waals surface area contributed by atoms with Crippen LogP contribution in [0.2, 0.25) is 5.02 Å². The summed E-state index contributed by atoms with van der Waals surface area (Å²) in [7, 11) is 0. The van der Waals surface area contributed by atoms with Crippen LogP contribution in [0.25, 0.3) is 0 Å². The van der Waals surface area contributed by atoms with Gasteiger partial charge >= 0.3 is 0 Å². The second-order valence-corrected chi connectivity index (χ2v) is 4.64. The molecular formula is C13H18ClNO2. The molecule has 0 bridgehead atoms. The first-order valence-corrected chi connectivity index (χ1v) is 6.03. The summed E-state index contributed by atoms with van der Waals surface area (Å²) in [6.07, 6.45) is 0. The van der Waals surface area contributed by atoms with Crippen LogP contribution in [-0.4, -0.2) is 30.1 Å². The van der Waals surface area contributed by atoms with Crippen molar-refractivity contribution in [1.82, 2.24) is 0 Å². The van der Waals surface area contributed by atoms with Crippen molar-refractivity contribution in [2.75, 3.05) is 18.1 Å². The molecule has 0 aliphatic carbocycles. The molecule has 0 atom stereocenters. The first-order chi connectivity index (χ1) is 7.97. The molecule has 0 aliphatic heterocycles. The molecule has 0 heterocycles. The maximum absolute atomic E-state index is 11.3. The van der Waals surface area contributed by atoms with Crippen molar-refractivity contribution in [3.05, 3.63) is 28.8 Å². The van der Waals surface area contributed by atoms with Crippen LogP contribution in [0.3, 0.4) is 0 Å². The Morgan fingerprint density at radius 2 is 2.12 bits per heavy atom. The normalized spacial score (nSPS) is 10.7. The van der Waals surface area contributed by atoms with Gasteiger partial charge in [0, 0.05) is 23.8 Å². The minimum atomic E-state index is -0.0418. The molecule has 0 saturated carbocycles. The fourth-order valence-corrected chi connectivity index (χ4v) is 2.07. The first-order valence-electron chi connectivity index (χ1n) is 5.65. The van der Waals surface area contributed by atoms with Gasteiger partial charge < -0.3 is 10.0 Å². The molecular weight excluding hydrogens is 238 g/mol. The number of benzene rings is 1. The smallest absolute Gasteiger partial charge is 0.161 e. The summed E-state index contributed by atoms with van der Waals surface area (Å²) in [6, 6.07) is 5.63. The van der Waals surface area contributed by atoms with E-state index in [4.69, 9.17) is 16.7 Å². The van der Waals surface area contributed by atoms with Crippen LogP contribution in [0.4, 0.5) is 5.69 Å². The van der Waals surface area contributed by atoms with Crippen LogP contribution in [0.15, 0.2) is 18.2 Å². The molecule has 0 fully saturated rings. The van der Waals surface area contributed by atoms with Crippen LogP contribution in [0.5, 0.6) is 0 Å². The van der Waals surface area contributed by atoms with Crippen LogP contribution >= 0.6 is 11.6 Å². The third-order valence-corrected chi connectivity index (χ3v) is 2.94. The van der Waals surface area contributed by atoms with E-state index >= 15 is 0 Å². The monoisotopic (exact) mass is 255 g/mol. The van der Waals surface area contributed by atoms with E-state index in [9.17, 15) is 4.79 Å². The number of anilines is 1. The predicted octanol–water partition coefficient (Wildman–Crippen LogP) is 2.75. The van der Waals surface area contributed by atoms with E-state index < -0.39 is 0 Å². The highest BCUT2D eigenvalue weighted by molar-refractivity contribution is 6.34. The maximum atomic E-state index is 11.3. The number of hydrogen-bond donors (Lipinski definition) is 1. The summed E-state index contributed by atoms with van der Waals surface area (Å²) in [4.78, 5) is 13.3. The van der Waals surface area contributed by atoms with Gasteiger partial charge in [-0.25, -0.2) is 0 Å². The quantitative estimate of drug-likeness (QED) is 0.823. The van der Waals surface area contributed by atoms with E-state index in [-0.39, 0.29) is 18.4 Å². The molecule has 4 heteroatoms. The molecule has 0 amide bonds. The number of ketones is 1. The Morgan fingerprint density at radius 3 is 2.53 bits per heavy atom. The van der Waals surface area contributed by atoms with E-state index in [1.807, 2.05) is 24.8 Å². The minimum Gasteiger partial charge on any atom is -0.395 e. The Labute approximate surface area is 107 Å². The van der Waals surface area contributed by atoms with Crippen molar-refractivity contribution in [2.24, 2.45) is 0 Å². The minimum absolute atomic E-state index is 0.0418. The molecule has 1 aromatic rings. The van der Waals surface area contributed by atoms with Crippen LogP contribution in [0.1, 0.15) is 31.1 Å². The van der Waals surface area contributed by atoms with Crippen molar-refractivity contribution in [1.29, 1.82) is 0 Å². The van der Waals surface area contributed by atoms with Gasteiger partial charge in [-0.2, -0.15) is 0 Å². The standard InChI is InChI=1S/C13H18ClNO2/c1-9(2)15(6-7-16)11-4-5-12(10(3)17)13(14)8-11/h4-5,8-9,16H,6-7H2,1-3H3. The van der Waals surface area contributed by atoms with Gasteiger partial charge in [-0.3, -0.25) is 4.79 Å². The molecule has 1 aromatic carbocycles. The molecule has 17 heavy (non-hydrogen) atoms. The second-order valence-electron chi connectivity index (χ2n) is 4.23. The molecule has 0 aliphatic rings. The molecule has 94 valence electrons. The fourth-order valence-electron chi connectivity index (χ4n) is 1.76. The Hall–Kier alpha value is -1.06. The summed E-state index contributed by atoms with van der Waals surface area (Å²) < 4.78 is 0. The van der Waals surface area contributed by atoms with Crippen molar-refractivity contribution >= 4 is 23.1 Å². The molecule has 1 rings (SSSR count). The highest BCUT2D eigenvalue weighted by Crippen LogP contribution is 2.25. The highest BCUT2D eigenvalue weighted by Gasteiger charge is 2.13. The van der Waals surface area contributed by atoms with Crippen molar-refractivity contribution in [2.45, 2.75) is 26.8 Å². The number of aliphatic hydroxyl groups excluding tert-OH is 1. The van der Waals surface area contributed by atoms with Crippen molar-refractivity contribution in [3.63, 3.8) is 0 Å². The Bertz CT molecular complexity index is 404. The van der Waals surface area contributed by atoms with Gasteiger partial charge in [-0.15, -0.1) is 0 Å². The zero-order chi connectivity index (χ0) is 13.0. The van der Waals surface area contributed by atoms with E-state index in [1.165, 1.54) is 6.92 Å². The van der Waals surface area contributed by atoms with Gasteiger partial charge in [0.1, 0.15) is 0 Å². The highest BCUT2D eigenvalue weighted by atomic mass is 35.5. The summed E-state index contributed by atoms with van der Waals surface area (Å²) >= 11 is 6.06. The van der Waals surface area contributed by atoms with Gasteiger partial charge in [0.25, 0.3) is 0 Å². The molecule has 0 aromatic heterocycles. The number of carbonyl (C=O) groups is 1. The SMILES string of the molecule is CC(=O)c1ccc(N(CCO)C(C)C)cc1Cl. The molecule has 0 radical (unpaired) electrons. The largest absolute Gasteiger partial charge is 0.395 e. The third kappa shape index (κ3) is 3.45. The fraction of sp³-hybridized carbons (Fsp3) is 0.462. The van der Waals surface area contributed by atoms with Crippen molar-refractivity contribution in [3.8, 4) is 0 Å². The number of aliphatic hydroxyl groups is 1. The molecule has 0 saturated heterocycles. The molecule has 0 unspecified atom stereocenters. The average Bonchev–Trinajstić information content (AvgIpc) is 2.24. The molecule has 0 spiro atoms. The first kappa shape index (κ1) is 14.0. The van der Waals surface area contributed by atoms with E-state index in [1.54, 1.807) is 12.1 Å². The van der Waals surface area contributed by atoms with Gasteiger partial charge in [-0.1, -0.05) is 11.6 Å². The van der Waals surface area contributed by atoms with Crippen LogP contribution in [0, 0.1) is 0 Å². The Morgan fingerprint density at radius 1 is 1.47 bits per heavy atom. The zero-order valence-corrected chi connectivity index (χ0v) is 11.2. The Balaban J connectivity index is 3.06. The van der Waals surface area contributed by atoms with Gasteiger partial charge in [-0.05, 0) is 39.0 Å². The molecule has 1 N–H and O–H groups in total. The van der Waals surface area contributed by atoms with E-state index in [0.29, 0.717) is 17.1 Å². The summed E-state index contributed by atoms with van der Waals surface area (Å²) in [5.74, 6) is -0.0418. The van der Waals surface area contributed by atoms with Crippen molar-refractivity contribution < 1.29 is 9.90 Å². The molecule has 3 nitrogen and oxygen atoms in total. The number of halogens is 1. The summed E-state index contributed by atoms with van der Waals surface area (Å²) in [5.41, 5.74) is 1.45. The van der Waals surface area contributed by atoms with Crippen LogP contribution < -0.4 is 4.90 Å². The lowest BCUT2D eigenvalue weighted by Crippen LogP contribution is -2.33. The van der Waals surface area contributed by atoms with Gasteiger partial charge in [0.15, 0.2) is 5.78 Å². The van der Waals surface area contributed by atoms with E-state index in [0.717, 1.165) is 5.69 Å². The van der Waals surface area contributed by atoms with Gasteiger partial charge in [0.05, 0.1) is 11.6 Å². The third-order valence-electron chi connectivity index (χ3n) is 2.63. The predicted molar refractivity (Wildman–Crippen MR) is 71.0 cm³/mol. The van der Waals surface area contributed by atoms with E-state index in [2.05, 4.69) is 0 Å². The van der Waals surface area contributed by atoms with Gasteiger partial charge in [0.2, 0.25) is 0 Å². The average molecular weight is 256 g/mol.